The summed E-state index contributed by atoms with van der Waals surface area (Å²) in [5, 5.41) is 3.00. The minimum atomic E-state index is -0.560. The summed E-state index contributed by atoms with van der Waals surface area (Å²) in [4.78, 5) is 44.7. The number of nitrogens with zero attached hydrogens (tertiary/aromatic N) is 3. The number of amides is 3. The highest BCUT2D eigenvalue weighted by molar-refractivity contribution is 9.10. The number of carbonyl (C=O) groups is 3. The van der Waals surface area contributed by atoms with Gasteiger partial charge < -0.3 is 9.80 Å². The molecule has 2 aliphatic rings. The molecule has 0 spiro atoms. The maximum atomic E-state index is 12.5. The van der Waals surface area contributed by atoms with E-state index < -0.39 is 18.2 Å². The number of amidine groups is 1. The van der Waals surface area contributed by atoms with Crippen molar-refractivity contribution in [3.63, 3.8) is 0 Å². The molecular formula is C18H21BrN4O3S. The fourth-order valence-electron chi connectivity index (χ4n) is 3.06. The molecule has 0 radical (unpaired) electrons. The standard InChI is InChI=1S/C18H21BrN4O3S/c1-10(2)8-23-14-15(22(3)17(26)21-16(14)25)20-18(23)27-9-13(24)11-4-6-12(19)7-5-11/h4-7,10,14-15H,8-9H2,1-3H3,(H,21,25,26). The van der Waals surface area contributed by atoms with Gasteiger partial charge >= 0.3 is 6.03 Å². The summed E-state index contributed by atoms with van der Waals surface area (Å²) in [6, 6.07) is 6.20. The zero-order chi connectivity index (χ0) is 19.7. The van der Waals surface area contributed by atoms with E-state index in [4.69, 9.17) is 0 Å². The molecule has 0 saturated carbocycles. The molecule has 1 N–H and O–H groups in total. The number of halogens is 1. The maximum absolute atomic E-state index is 12.5. The van der Waals surface area contributed by atoms with Crippen LogP contribution in [0.5, 0.6) is 0 Å². The molecule has 144 valence electrons. The second kappa shape index (κ2) is 8.02. The molecule has 0 bridgehead atoms. The zero-order valence-electron chi connectivity index (χ0n) is 15.3. The van der Waals surface area contributed by atoms with Gasteiger partial charge in [0.2, 0.25) is 0 Å². The number of hydrogen-bond donors (Lipinski definition) is 1. The van der Waals surface area contributed by atoms with Gasteiger partial charge in [0.05, 0.1) is 5.75 Å². The van der Waals surface area contributed by atoms with Crippen LogP contribution in [0.2, 0.25) is 0 Å². The van der Waals surface area contributed by atoms with E-state index >= 15 is 0 Å². The van der Waals surface area contributed by atoms with Crippen molar-refractivity contribution in [1.29, 1.82) is 0 Å². The number of fused-ring (bicyclic) bond motifs is 1. The van der Waals surface area contributed by atoms with Gasteiger partial charge in [-0.2, -0.15) is 0 Å². The average Bonchev–Trinajstić information content (AvgIpc) is 2.96. The fourth-order valence-corrected chi connectivity index (χ4v) is 4.28. The molecule has 2 heterocycles. The molecule has 1 saturated heterocycles. The van der Waals surface area contributed by atoms with Crippen molar-refractivity contribution in [2.24, 2.45) is 10.9 Å². The average molecular weight is 453 g/mol. The number of thioether (sulfide) groups is 1. The lowest BCUT2D eigenvalue weighted by molar-refractivity contribution is -0.127. The Kier molecular flexibility index (Phi) is 5.90. The van der Waals surface area contributed by atoms with E-state index in [2.05, 4.69) is 40.1 Å². The van der Waals surface area contributed by atoms with Crippen molar-refractivity contribution < 1.29 is 14.4 Å². The number of aliphatic imine (C=N–C) groups is 1. The number of ketones is 1. The Labute approximate surface area is 170 Å². The van der Waals surface area contributed by atoms with Crippen LogP contribution in [-0.2, 0) is 4.79 Å². The molecule has 0 aliphatic carbocycles. The molecule has 1 fully saturated rings. The monoisotopic (exact) mass is 452 g/mol. The first-order valence-corrected chi connectivity index (χ1v) is 10.4. The van der Waals surface area contributed by atoms with Crippen LogP contribution in [0.1, 0.15) is 24.2 Å². The van der Waals surface area contributed by atoms with Crippen LogP contribution in [0.15, 0.2) is 33.7 Å². The van der Waals surface area contributed by atoms with Gasteiger partial charge in [-0.15, -0.1) is 0 Å². The van der Waals surface area contributed by atoms with Crippen molar-refractivity contribution >= 4 is 50.6 Å². The Bertz CT molecular complexity index is 796. The van der Waals surface area contributed by atoms with E-state index in [-0.39, 0.29) is 17.4 Å². The third kappa shape index (κ3) is 4.19. The number of hydrogen-bond acceptors (Lipinski definition) is 6. The van der Waals surface area contributed by atoms with Crippen LogP contribution < -0.4 is 5.32 Å². The van der Waals surface area contributed by atoms with E-state index in [1.165, 1.54) is 16.7 Å². The Morgan fingerprint density at radius 2 is 1.96 bits per heavy atom. The van der Waals surface area contributed by atoms with E-state index in [0.717, 1.165) is 4.47 Å². The Morgan fingerprint density at radius 3 is 2.59 bits per heavy atom. The molecule has 27 heavy (non-hydrogen) atoms. The summed E-state index contributed by atoms with van der Waals surface area (Å²) in [5.74, 6) is 0.159. The summed E-state index contributed by atoms with van der Waals surface area (Å²) in [7, 11) is 1.62. The fraction of sp³-hybridized carbons (Fsp3) is 0.444. The van der Waals surface area contributed by atoms with Gasteiger partial charge in [0, 0.05) is 23.6 Å². The van der Waals surface area contributed by atoms with Crippen molar-refractivity contribution in [2.45, 2.75) is 26.1 Å². The van der Waals surface area contributed by atoms with Gasteiger partial charge in [0.15, 0.2) is 23.2 Å². The van der Waals surface area contributed by atoms with Crippen LogP contribution in [0.4, 0.5) is 4.79 Å². The van der Waals surface area contributed by atoms with Crippen LogP contribution in [0, 0.1) is 5.92 Å². The van der Waals surface area contributed by atoms with Gasteiger partial charge in [0.1, 0.15) is 0 Å². The Hall–Kier alpha value is -1.87. The molecule has 2 atom stereocenters. The number of nitrogens with one attached hydrogen (secondary N) is 1. The van der Waals surface area contributed by atoms with E-state index in [1.54, 1.807) is 19.2 Å². The summed E-state index contributed by atoms with van der Waals surface area (Å²) >= 11 is 4.67. The van der Waals surface area contributed by atoms with Crippen molar-refractivity contribution in [2.75, 3.05) is 19.3 Å². The minimum Gasteiger partial charge on any atom is -0.335 e. The summed E-state index contributed by atoms with van der Waals surface area (Å²) in [6.45, 7) is 4.73. The smallest absolute Gasteiger partial charge is 0.325 e. The predicted molar refractivity (Wildman–Crippen MR) is 109 cm³/mol. The third-order valence-corrected chi connectivity index (χ3v) is 5.92. The number of Topliss-reactive ketones (excluding diaryl/α,β-unsaturated/α-hetero) is 1. The molecule has 2 aliphatic heterocycles. The van der Waals surface area contributed by atoms with Crippen LogP contribution in [0.3, 0.4) is 0 Å². The SMILES string of the molecule is CC(C)CN1C(SCC(=O)c2ccc(Br)cc2)=NC2C1C(=O)NC(=O)N2C. The second-order valence-electron chi connectivity index (χ2n) is 6.94. The number of urea groups is 1. The summed E-state index contributed by atoms with van der Waals surface area (Å²) in [6.07, 6.45) is -0.560. The van der Waals surface area contributed by atoms with Crippen LogP contribution >= 0.6 is 27.7 Å². The Morgan fingerprint density at radius 1 is 1.30 bits per heavy atom. The summed E-state index contributed by atoms with van der Waals surface area (Å²) < 4.78 is 0.915. The Balaban J connectivity index is 1.77. The minimum absolute atomic E-state index is 0.0107. The highest BCUT2D eigenvalue weighted by Crippen LogP contribution is 2.29. The first-order valence-electron chi connectivity index (χ1n) is 8.61. The predicted octanol–water partition coefficient (Wildman–Crippen LogP) is 2.57. The lowest BCUT2D eigenvalue weighted by atomic mass is 10.1. The highest BCUT2D eigenvalue weighted by Gasteiger charge is 2.48. The molecule has 1 aromatic rings. The van der Waals surface area contributed by atoms with Gasteiger partial charge in [-0.1, -0.05) is 53.7 Å². The first-order chi connectivity index (χ1) is 12.8. The lowest BCUT2D eigenvalue weighted by Gasteiger charge is -2.36. The van der Waals surface area contributed by atoms with Gasteiger partial charge in [0.25, 0.3) is 5.91 Å². The van der Waals surface area contributed by atoms with Crippen molar-refractivity contribution in [3.05, 3.63) is 34.3 Å². The molecule has 7 nitrogen and oxygen atoms in total. The third-order valence-electron chi connectivity index (χ3n) is 4.38. The number of likely N-dealkylation sites (N-methyl/N-ethyl adjacent to an activating group) is 1. The summed E-state index contributed by atoms with van der Waals surface area (Å²) in [5.41, 5.74) is 0.627. The molecule has 2 unspecified atom stereocenters. The topological polar surface area (TPSA) is 82.1 Å². The van der Waals surface area contributed by atoms with Gasteiger partial charge in [-0.05, 0) is 18.1 Å². The lowest BCUT2D eigenvalue weighted by Crippen LogP contribution is -2.63. The molecule has 0 aromatic heterocycles. The van der Waals surface area contributed by atoms with Crippen LogP contribution in [-0.4, -0.2) is 64.2 Å². The van der Waals surface area contributed by atoms with Crippen molar-refractivity contribution in [1.82, 2.24) is 15.1 Å². The molecule has 9 heteroatoms. The molecular weight excluding hydrogens is 432 g/mol. The maximum Gasteiger partial charge on any atom is 0.325 e. The van der Waals surface area contributed by atoms with Gasteiger partial charge in [-0.25, -0.2) is 9.79 Å². The normalized spacial score (nSPS) is 22.0. The van der Waals surface area contributed by atoms with Crippen molar-refractivity contribution in [3.8, 4) is 0 Å². The van der Waals surface area contributed by atoms with E-state index in [0.29, 0.717) is 23.2 Å². The molecule has 3 rings (SSSR count). The zero-order valence-corrected chi connectivity index (χ0v) is 17.7. The molecule has 3 amide bonds. The highest BCUT2D eigenvalue weighted by atomic mass is 79.9. The number of imide groups is 1. The van der Waals surface area contributed by atoms with E-state index in [1.807, 2.05) is 17.0 Å². The largest absolute Gasteiger partial charge is 0.335 e. The number of rotatable bonds is 5. The van der Waals surface area contributed by atoms with Crippen LogP contribution in [0.25, 0.3) is 0 Å². The number of benzene rings is 1. The molecule has 1 aromatic carbocycles. The first kappa shape index (κ1) is 19.9. The van der Waals surface area contributed by atoms with Gasteiger partial charge in [-0.3, -0.25) is 14.9 Å². The quantitative estimate of drug-likeness (QED) is 0.694. The second-order valence-corrected chi connectivity index (χ2v) is 8.80. The van der Waals surface area contributed by atoms with E-state index in [9.17, 15) is 14.4 Å². The number of carbonyl (C=O) groups excluding carboxylic acids is 3.